The molecule has 0 atom stereocenters. The van der Waals surface area contributed by atoms with Crippen molar-refractivity contribution in [3.8, 4) is 11.6 Å². The number of rotatable bonds is 5. The third-order valence-electron chi connectivity index (χ3n) is 2.79. The first-order valence-corrected chi connectivity index (χ1v) is 6.30. The van der Waals surface area contributed by atoms with E-state index in [9.17, 15) is 0 Å². The molecule has 106 valence electrons. The average Bonchev–Trinajstić information content (AvgIpc) is 2.44. The first kappa shape index (κ1) is 13.9. The van der Waals surface area contributed by atoms with E-state index in [1.807, 2.05) is 32.0 Å². The number of nitrogens with one attached hydrogen (secondary N) is 1. The third kappa shape index (κ3) is 2.90. The lowest BCUT2D eigenvalue weighted by Crippen LogP contribution is -2.05. The Morgan fingerprint density at radius 2 is 2.10 bits per heavy atom. The number of nitrogen functional groups attached to an aromatic ring is 1. The van der Waals surface area contributed by atoms with Gasteiger partial charge in [0, 0.05) is 5.69 Å². The molecule has 0 bridgehead atoms. The SMILES string of the molecule is CCOc1ncnc(Nc2ccc(OC)c(C)c2)c1N. The first-order chi connectivity index (χ1) is 9.65. The van der Waals surface area contributed by atoms with Gasteiger partial charge < -0.3 is 20.5 Å². The zero-order valence-corrected chi connectivity index (χ0v) is 11.8. The fourth-order valence-electron chi connectivity index (χ4n) is 1.82. The van der Waals surface area contributed by atoms with Crippen molar-refractivity contribution in [3.05, 3.63) is 30.1 Å². The maximum absolute atomic E-state index is 5.97. The van der Waals surface area contributed by atoms with Crippen molar-refractivity contribution in [1.82, 2.24) is 9.97 Å². The lowest BCUT2D eigenvalue weighted by Gasteiger charge is -2.12. The van der Waals surface area contributed by atoms with Gasteiger partial charge in [-0.15, -0.1) is 0 Å². The Morgan fingerprint density at radius 3 is 2.75 bits per heavy atom. The van der Waals surface area contributed by atoms with Gasteiger partial charge in [-0.25, -0.2) is 4.98 Å². The molecule has 6 heteroatoms. The van der Waals surface area contributed by atoms with Crippen LogP contribution in [-0.2, 0) is 0 Å². The number of ether oxygens (including phenoxy) is 2. The highest BCUT2D eigenvalue weighted by Gasteiger charge is 2.09. The second-order valence-electron chi connectivity index (χ2n) is 4.18. The van der Waals surface area contributed by atoms with Crippen molar-refractivity contribution < 1.29 is 9.47 Å². The topological polar surface area (TPSA) is 82.3 Å². The summed E-state index contributed by atoms with van der Waals surface area (Å²) >= 11 is 0. The third-order valence-corrected chi connectivity index (χ3v) is 2.79. The van der Waals surface area contributed by atoms with E-state index in [0.717, 1.165) is 17.0 Å². The van der Waals surface area contributed by atoms with Gasteiger partial charge in [-0.05, 0) is 37.6 Å². The molecule has 0 aliphatic heterocycles. The number of nitrogens with two attached hydrogens (primary N) is 1. The fraction of sp³-hybridized carbons (Fsp3) is 0.286. The van der Waals surface area contributed by atoms with Gasteiger partial charge in [0.05, 0.1) is 13.7 Å². The smallest absolute Gasteiger partial charge is 0.242 e. The van der Waals surface area contributed by atoms with E-state index < -0.39 is 0 Å². The molecule has 1 heterocycles. The molecule has 0 radical (unpaired) electrons. The number of nitrogens with zero attached hydrogens (tertiary/aromatic N) is 2. The summed E-state index contributed by atoms with van der Waals surface area (Å²) in [6, 6.07) is 5.74. The van der Waals surface area contributed by atoms with E-state index in [2.05, 4.69) is 15.3 Å². The molecule has 20 heavy (non-hydrogen) atoms. The largest absolute Gasteiger partial charge is 0.496 e. The summed E-state index contributed by atoms with van der Waals surface area (Å²) < 4.78 is 10.6. The molecular formula is C14H18N4O2. The normalized spacial score (nSPS) is 10.2. The van der Waals surface area contributed by atoms with Gasteiger partial charge in [0.25, 0.3) is 0 Å². The van der Waals surface area contributed by atoms with Gasteiger partial charge in [-0.3, -0.25) is 0 Å². The number of anilines is 3. The zero-order chi connectivity index (χ0) is 14.5. The highest BCUT2D eigenvalue weighted by Crippen LogP contribution is 2.29. The maximum atomic E-state index is 5.97. The Morgan fingerprint density at radius 1 is 1.30 bits per heavy atom. The van der Waals surface area contributed by atoms with Crippen LogP contribution in [0.15, 0.2) is 24.5 Å². The van der Waals surface area contributed by atoms with E-state index in [1.54, 1.807) is 7.11 Å². The van der Waals surface area contributed by atoms with Crippen LogP contribution in [0.3, 0.4) is 0 Å². The summed E-state index contributed by atoms with van der Waals surface area (Å²) in [5, 5.41) is 3.15. The van der Waals surface area contributed by atoms with Crippen LogP contribution in [0.1, 0.15) is 12.5 Å². The quantitative estimate of drug-likeness (QED) is 0.871. The molecule has 0 unspecified atom stereocenters. The van der Waals surface area contributed by atoms with Crippen molar-refractivity contribution in [2.75, 3.05) is 24.8 Å². The fourth-order valence-corrected chi connectivity index (χ4v) is 1.82. The molecule has 2 rings (SSSR count). The standard InChI is InChI=1S/C14H18N4O2/c1-4-20-14-12(15)13(16-8-17-14)18-10-5-6-11(19-3)9(2)7-10/h5-8H,4,15H2,1-3H3,(H,16,17,18). The summed E-state index contributed by atoms with van der Waals surface area (Å²) in [6.07, 6.45) is 1.42. The average molecular weight is 274 g/mol. The zero-order valence-electron chi connectivity index (χ0n) is 11.8. The van der Waals surface area contributed by atoms with Crippen molar-refractivity contribution in [2.24, 2.45) is 0 Å². The molecule has 2 aromatic rings. The molecule has 0 spiro atoms. The number of methoxy groups -OCH3 is 1. The lowest BCUT2D eigenvalue weighted by molar-refractivity contribution is 0.328. The molecular weight excluding hydrogens is 256 g/mol. The summed E-state index contributed by atoms with van der Waals surface area (Å²) in [4.78, 5) is 8.13. The Hall–Kier alpha value is -2.50. The highest BCUT2D eigenvalue weighted by molar-refractivity contribution is 5.72. The highest BCUT2D eigenvalue weighted by atomic mass is 16.5. The van der Waals surface area contributed by atoms with Crippen LogP contribution in [0, 0.1) is 6.92 Å². The molecule has 0 amide bonds. The molecule has 0 aliphatic rings. The molecule has 0 fully saturated rings. The Kier molecular flexibility index (Phi) is 4.24. The number of aromatic nitrogens is 2. The number of hydrogen-bond donors (Lipinski definition) is 2. The minimum atomic E-state index is 0.384. The van der Waals surface area contributed by atoms with Gasteiger partial charge in [0.15, 0.2) is 5.82 Å². The molecule has 0 aliphatic carbocycles. The molecule has 6 nitrogen and oxygen atoms in total. The summed E-state index contributed by atoms with van der Waals surface area (Å²) in [6.45, 7) is 4.35. The Bertz CT molecular complexity index is 602. The summed E-state index contributed by atoms with van der Waals surface area (Å²) in [5.41, 5.74) is 8.26. The molecule has 1 aromatic carbocycles. The van der Waals surface area contributed by atoms with Crippen LogP contribution in [-0.4, -0.2) is 23.7 Å². The van der Waals surface area contributed by atoms with Gasteiger partial charge >= 0.3 is 0 Å². The van der Waals surface area contributed by atoms with Gasteiger partial charge in [-0.1, -0.05) is 0 Å². The molecule has 1 aromatic heterocycles. The Balaban J connectivity index is 2.26. The monoisotopic (exact) mass is 274 g/mol. The van der Waals surface area contributed by atoms with Crippen molar-refractivity contribution in [1.29, 1.82) is 0 Å². The van der Waals surface area contributed by atoms with E-state index in [4.69, 9.17) is 15.2 Å². The number of aryl methyl sites for hydroxylation is 1. The number of hydrogen-bond acceptors (Lipinski definition) is 6. The van der Waals surface area contributed by atoms with E-state index >= 15 is 0 Å². The van der Waals surface area contributed by atoms with Crippen LogP contribution < -0.4 is 20.5 Å². The van der Waals surface area contributed by atoms with E-state index in [0.29, 0.717) is 24.0 Å². The summed E-state index contributed by atoms with van der Waals surface area (Å²) in [7, 11) is 1.65. The Labute approximate surface area is 118 Å². The second-order valence-corrected chi connectivity index (χ2v) is 4.18. The first-order valence-electron chi connectivity index (χ1n) is 6.30. The molecule has 0 saturated heterocycles. The second kappa shape index (κ2) is 6.10. The predicted octanol–water partition coefficient (Wildman–Crippen LogP) is 2.52. The van der Waals surface area contributed by atoms with E-state index in [1.165, 1.54) is 6.33 Å². The molecule has 3 N–H and O–H groups in total. The maximum Gasteiger partial charge on any atom is 0.242 e. The number of benzene rings is 1. The van der Waals surface area contributed by atoms with Gasteiger partial charge in [0.1, 0.15) is 17.8 Å². The van der Waals surface area contributed by atoms with Crippen molar-refractivity contribution in [3.63, 3.8) is 0 Å². The van der Waals surface area contributed by atoms with Gasteiger partial charge in [0.2, 0.25) is 5.88 Å². The molecule has 0 saturated carbocycles. The van der Waals surface area contributed by atoms with Gasteiger partial charge in [-0.2, -0.15) is 4.98 Å². The van der Waals surface area contributed by atoms with Crippen LogP contribution in [0.25, 0.3) is 0 Å². The van der Waals surface area contributed by atoms with Crippen LogP contribution in [0.5, 0.6) is 11.6 Å². The summed E-state index contributed by atoms with van der Waals surface area (Å²) in [5.74, 6) is 1.74. The van der Waals surface area contributed by atoms with Crippen molar-refractivity contribution in [2.45, 2.75) is 13.8 Å². The van der Waals surface area contributed by atoms with Crippen LogP contribution in [0.2, 0.25) is 0 Å². The van der Waals surface area contributed by atoms with Crippen LogP contribution in [0.4, 0.5) is 17.2 Å². The minimum absolute atomic E-state index is 0.384. The van der Waals surface area contributed by atoms with E-state index in [-0.39, 0.29) is 0 Å². The minimum Gasteiger partial charge on any atom is -0.496 e. The lowest BCUT2D eigenvalue weighted by atomic mass is 10.2. The van der Waals surface area contributed by atoms with Crippen molar-refractivity contribution >= 4 is 17.2 Å². The van der Waals surface area contributed by atoms with Crippen LogP contribution >= 0.6 is 0 Å². The predicted molar refractivity (Wildman–Crippen MR) is 78.6 cm³/mol.